The summed E-state index contributed by atoms with van der Waals surface area (Å²) >= 11 is 0. The van der Waals surface area contributed by atoms with Gasteiger partial charge in [-0.25, -0.2) is 0 Å². The third-order valence-electron chi connectivity index (χ3n) is 2.09. The second-order valence-electron chi connectivity index (χ2n) is 4.27. The van der Waals surface area contributed by atoms with Crippen molar-refractivity contribution < 1.29 is 5.11 Å². The SMILES string of the molecule is CC(C)(C)c1cccc(/C=N/N)c1O. The molecule has 3 nitrogen and oxygen atoms in total. The normalized spacial score (nSPS) is 12.2. The molecule has 3 N–H and O–H groups in total. The predicted molar refractivity (Wildman–Crippen MR) is 58.6 cm³/mol. The standard InChI is InChI=1S/C11H16N2O/c1-11(2,3)9-6-4-5-8(7-13-12)10(9)14/h4-7,14H,12H2,1-3H3/b13-7+. The molecule has 0 fully saturated rings. The molecular formula is C11H16N2O. The molecular weight excluding hydrogens is 176 g/mol. The summed E-state index contributed by atoms with van der Waals surface area (Å²) in [7, 11) is 0. The maximum atomic E-state index is 9.91. The molecule has 76 valence electrons. The fourth-order valence-electron chi connectivity index (χ4n) is 1.35. The van der Waals surface area contributed by atoms with Crippen LogP contribution in [0, 0.1) is 0 Å². The van der Waals surface area contributed by atoms with Gasteiger partial charge in [0.15, 0.2) is 0 Å². The van der Waals surface area contributed by atoms with Crippen molar-refractivity contribution in [3.63, 3.8) is 0 Å². The van der Waals surface area contributed by atoms with Gasteiger partial charge in [-0.2, -0.15) is 5.10 Å². The topological polar surface area (TPSA) is 58.6 Å². The van der Waals surface area contributed by atoms with Crippen LogP contribution >= 0.6 is 0 Å². The van der Waals surface area contributed by atoms with Gasteiger partial charge < -0.3 is 10.9 Å². The monoisotopic (exact) mass is 192 g/mol. The van der Waals surface area contributed by atoms with Crippen molar-refractivity contribution in [2.45, 2.75) is 26.2 Å². The van der Waals surface area contributed by atoms with Crippen LogP contribution in [0.3, 0.4) is 0 Å². The number of phenolic OH excluding ortho intramolecular Hbond substituents is 1. The van der Waals surface area contributed by atoms with Gasteiger partial charge in [-0.3, -0.25) is 0 Å². The van der Waals surface area contributed by atoms with Gasteiger partial charge >= 0.3 is 0 Å². The van der Waals surface area contributed by atoms with E-state index in [0.717, 1.165) is 5.56 Å². The summed E-state index contributed by atoms with van der Waals surface area (Å²) in [4.78, 5) is 0. The highest BCUT2D eigenvalue weighted by Crippen LogP contribution is 2.32. The molecule has 14 heavy (non-hydrogen) atoms. The Kier molecular flexibility index (Phi) is 2.79. The van der Waals surface area contributed by atoms with Crippen molar-refractivity contribution in [3.05, 3.63) is 29.3 Å². The lowest BCUT2D eigenvalue weighted by atomic mass is 9.85. The molecule has 0 aromatic heterocycles. The molecule has 0 spiro atoms. The average molecular weight is 192 g/mol. The number of hydrogen-bond donors (Lipinski definition) is 2. The minimum atomic E-state index is -0.0808. The van der Waals surface area contributed by atoms with E-state index in [9.17, 15) is 5.11 Å². The van der Waals surface area contributed by atoms with Gasteiger partial charge in [0.2, 0.25) is 0 Å². The molecule has 1 rings (SSSR count). The molecule has 0 aliphatic carbocycles. The van der Waals surface area contributed by atoms with Gasteiger partial charge in [0, 0.05) is 5.56 Å². The zero-order valence-electron chi connectivity index (χ0n) is 8.78. The molecule has 1 aromatic rings. The van der Waals surface area contributed by atoms with Crippen LogP contribution in [-0.4, -0.2) is 11.3 Å². The number of hydrazone groups is 1. The van der Waals surface area contributed by atoms with Crippen LogP contribution < -0.4 is 5.84 Å². The second kappa shape index (κ2) is 3.70. The largest absolute Gasteiger partial charge is 0.507 e. The number of para-hydroxylation sites is 1. The van der Waals surface area contributed by atoms with Crippen molar-refractivity contribution in [3.8, 4) is 5.75 Å². The summed E-state index contributed by atoms with van der Waals surface area (Å²) in [5, 5.41) is 13.3. The quantitative estimate of drug-likeness (QED) is 0.406. The van der Waals surface area contributed by atoms with Gasteiger partial charge in [-0.1, -0.05) is 32.9 Å². The Balaban J connectivity index is 3.28. The molecule has 0 amide bonds. The molecule has 0 unspecified atom stereocenters. The summed E-state index contributed by atoms with van der Waals surface area (Å²) < 4.78 is 0. The third kappa shape index (κ3) is 2.05. The Morgan fingerprint density at radius 2 is 2.00 bits per heavy atom. The molecule has 0 heterocycles. The van der Waals surface area contributed by atoms with Gasteiger partial charge in [0.25, 0.3) is 0 Å². The first kappa shape index (κ1) is 10.6. The molecule has 0 aliphatic heterocycles. The van der Waals surface area contributed by atoms with Crippen molar-refractivity contribution in [2.75, 3.05) is 0 Å². The van der Waals surface area contributed by atoms with Crippen LogP contribution in [0.2, 0.25) is 0 Å². The van der Waals surface area contributed by atoms with Crippen LogP contribution in [0.5, 0.6) is 5.75 Å². The summed E-state index contributed by atoms with van der Waals surface area (Å²) in [6, 6.07) is 5.57. The first-order valence-corrected chi connectivity index (χ1v) is 4.52. The van der Waals surface area contributed by atoms with E-state index in [-0.39, 0.29) is 11.2 Å². The highest BCUT2D eigenvalue weighted by atomic mass is 16.3. The zero-order chi connectivity index (χ0) is 10.8. The summed E-state index contributed by atoms with van der Waals surface area (Å²) in [6.07, 6.45) is 1.45. The summed E-state index contributed by atoms with van der Waals surface area (Å²) in [5.74, 6) is 5.31. The lowest BCUT2D eigenvalue weighted by Crippen LogP contribution is -2.11. The number of aromatic hydroxyl groups is 1. The molecule has 0 saturated carbocycles. The van der Waals surface area contributed by atoms with E-state index < -0.39 is 0 Å². The number of phenols is 1. The van der Waals surface area contributed by atoms with E-state index in [0.29, 0.717) is 5.56 Å². The fourth-order valence-corrected chi connectivity index (χ4v) is 1.35. The van der Waals surface area contributed by atoms with Crippen molar-refractivity contribution in [1.82, 2.24) is 0 Å². The lowest BCUT2D eigenvalue weighted by molar-refractivity contribution is 0.446. The maximum absolute atomic E-state index is 9.91. The van der Waals surface area contributed by atoms with Crippen molar-refractivity contribution >= 4 is 6.21 Å². The minimum Gasteiger partial charge on any atom is -0.507 e. The van der Waals surface area contributed by atoms with E-state index in [1.54, 1.807) is 6.07 Å². The Bertz CT molecular complexity index is 351. The average Bonchev–Trinajstić information content (AvgIpc) is 2.07. The lowest BCUT2D eigenvalue weighted by Gasteiger charge is -2.20. The van der Waals surface area contributed by atoms with Gasteiger partial charge in [-0.15, -0.1) is 0 Å². The Morgan fingerprint density at radius 3 is 2.50 bits per heavy atom. The highest BCUT2D eigenvalue weighted by molar-refractivity contribution is 5.84. The van der Waals surface area contributed by atoms with E-state index in [1.807, 2.05) is 32.9 Å². The number of nitrogens with two attached hydrogens (primary N) is 1. The molecule has 0 atom stereocenters. The minimum absolute atomic E-state index is 0.0808. The predicted octanol–water partition coefficient (Wildman–Crippen LogP) is 1.98. The van der Waals surface area contributed by atoms with E-state index >= 15 is 0 Å². The van der Waals surface area contributed by atoms with E-state index in [4.69, 9.17) is 5.84 Å². The molecule has 0 aliphatic rings. The summed E-state index contributed by atoms with van der Waals surface area (Å²) in [5.41, 5.74) is 1.47. The maximum Gasteiger partial charge on any atom is 0.128 e. The van der Waals surface area contributed by atoms with Crippen LogP contribution in [-0.2, 0) is 5.41 Å². The smallest absolute Gasteiger partial charge is 0.128 e. The van der Waals surface area contributed by atoms with Crippen molar-refractivity contribution in [1.29, 1.82) is 0 Å². The fraction of sp³-hybridized carbons (Fsp3) is 0.364. The van der Waals surface area contributed by atoms with Crippen LogP contribution in [0.1, 0.15) is 31.9 Å². The Labute approximate surface area is 84.3 Å². The summed E-state index contributed by atoms with van der Waals surface area (Å²) in [6.45, 7) is 6.14. The number of nitrogens with zero attached hydrogens (tertiary/aromatic N) is 1. The molecule has 3 heteroatoms. The third-order valence-corrected chi connectivity index (χ3v) is 2.09. The van der Waals surface area contributed by atoms with Gasteiger partial charge in [-0.05, 0) is 17.0 Å². The Hall–Kier alpha value is -1.51. The highest BCUT2D eigenvalue weighted by Gasteiger charge is 2.18. The first-order valence-electron chi connectivity index (χ1n) is 4.52. The first-order chi connectivity index (χ1) is 6.46. The van der Waals surface area contributed by atoms with Crippen LogP contribution in [0.4, 0.5) is 0 Å². The molecule has 0 saturated heterocycles. The molecule has 0 bridgehead atoms. The molecule has 0 radical (unpaired) electrons. The van der Waals surface area contributed by atoms with Crippen LogP contribution in [0.25, 0.3) is 0 Å². The van der Waals surface area contributed by atoms with E-state index in [2.05, 4.69) is 5.10 Å². The number of hydrogen-bond acceptors (Lipinski definition) is 3. The Morgan fingerprint density at radius 1 is 1.36 bits per heavy atom. The van der Waals surface area contributed by atoms with Gasteiger partial charge in [0.1, 0.15) is 5.75 Å². The van der Waals surface area contributed by atoms with Gasteiger partial charge in [0.05, 0.1) is 6.21 Å². The number of rotatable bonds is 1. The van der Waals surface area contributed by atoms with E-state index in [1.165, 1.54) is 6.21 Å². The van der Waals surface area contributed by atoms with Crippen LogP contribution in [0.15, 0.2) is 23.3 Å². The zero-order valence-corrected chi connectivity index (χ0v) is 8.78. The number of benzene rings is 1. The van der Waals surface area contributed by atoms with Crippen molar-refractivity contribution in [2.24, 2.45) is 10.9 Å². The second-order valence-corrected chi connectivity index (χ2v) is 4.27. The molecule has 1 aromatic carbocycles.